The van der Waals surface area contributed by atoms with Crippen molar-refractivity contribution in [3.63, 3.8) is 0 Å². The van der Waals surface area contributed by atoms with E-state index in [1.165, 1.54) is 30.9 Å². The Hall–Kier alpha value is -3.62. The fourth-order valence-electron chi connectivity index (χ4n) is 3.28. The zero-order valence-electron chi connectivity index (χ0n) is 16.3. The maximum Gasteiger partial charge on any atom is 0.332 e. The van der Waals surface area contributed by atoms with E-state index in [2.05, 4.69) is 10.3 Å². The number of rotatable bonds is 3. The molecule has 0 bridgehead atoms. The zero-order chi connectivity index (χ0) is 20.7. The number of aryl methyl sites for hydroxylation is 1. The van der Waals surface area contributed by atoms with E-state index in [-0.39, 0.29) is 28.5 Å². The van der Waals surface area contributed by atoms with Crippen molar-refractivity contribution in [3.05, 3.63) is 62.4 Å². The summed E-state index contributed by atoms with van der Waals surface area (Å²) in [6.07, 6.45) is 1.35. The molecule has 0 fully saturated rings. The third kappa shape index (κ3) is 3.24. The van der Waals surface area contributed by atoms with Gasteiger partial charge in [0.2, 0.25) is 0 Å². The van der Waals surface area contributed by atoms with E-state index in [9.17, 15) is 14.4 Å². The molecular weight excluding hydrogens is 376 g/mol. The van der Waals surface area contributed by atoms with Crippen LogP contribution in [0, 0.1) is 0 Å². The van der Waals surface area contributed by atoms with E-state index in [0.717, 1.165) is 10.1 Å². The predicted molar refractivity (Wildman–Crippen MR) is 106 cm³/mol. The van der Waals surface area contributed by atoms with E-state index in [1.54, 1.807) is 0 Å². The van der Waals surface area contributed by atoms with E-state index >= 15 is 0 Å². The van der Waals surface area contributed by atoms with Crippen LogP contribution in [-0.2, 0) is 14.1 Å². The number of nitrogens with one attached hydrogen (secondary N) is 1. The number of aromatic nitrogens is 3. The van der Waals surface area contributed by atoms with Crippen LogP contribution in [0.25, 0.3) is 11.0 Å². The summed E-state index contributed by atoms with van der Waals surface area (Å²) < 4.78 is 13.4. The van der Waals surface area contributed by atoms with Gasteiger partial charge < -0.3 is 14.8 Å². The molecule has 0 aliphatic carbocycles. The summed E-state index contributed by atoms with van der Waals surface area (Å²) in [5.74, 6) is 0.947. The molecule has 9 heteroatoms. The molecule has 150 valence electrons. The molecule has 9 nitrogen and oxygen atoms in total. The smallest absolute Gasteiger partial charge is 0.332 e. The van der Waals surface area contributed by atoms with Crippen molar-refractivity contribution in [3.8, 4) is 11.5 Å². The zero-order valence-corrected chi connectivity index (χ0v) is 16.3. The Labute approximate surface area is 165 Å². The molecule has 1 aromatic carbocycles. The highest BCUT2D eigenvalue weighted by atomic mass is 16.6. The van der Waals surface area contributed by atoms with Crippen LogP contribution < -0.4 is 26.0 Å². The third-order valence-corrected chi connectivity index (χ3v) is 4.97. The van der Waals surface area contributed by atoms with E-state index in [1.807, 2.05) is 25.1 Å². The Kier molecular flexibility index (Phi) is 4.57. The second kappa shape index (κ2) is 7.08. The van der Waals surface area contributed by atoms with Crippen LogP contribution in [0.15, 0.2) is 40.1 Å². The SMILES string of the molecule is CC(NC(=O)c1cnc2c(c1)c(=O)n(C)c(=O)n2C)c1ccc2c(c1)OCCO2. The molecule has 0 radical (unpaired) electrons. The fraction of sp³-hybridized carbons (Fsp3) is 0.300. The van der Waals surface area contributed by atoms with Gasteiger partial charge in [0.05, 0.1) is 17.0 Å². The van der Waals surface area contributed by atoms with Gasteiger partial charge in [-0.1, -0.05) is 6.07 Å². The van der Waals surface area contributed by atoms with Gasteiger partial charge in [-0.2, -0.15) is 0 Å². The molecule has 0 spiro atoms. The van der Waals surface area contributed by atoms with Crippen LogP contribution in [0.2, 0.25) is 0 Å². The molecule has 1 amide bonds. The van der Waals surface area contributed by atoms with Gasteiger partial charge in [0.1, 0.15) is 18.9 Å². The minimum absolute atomic E-state index is 0.203. The molecule has 3 heterocycles. The topological polar surface area (TPSA) is 104 Å². The molecule has 29 heavy (non-hydrogen) atoms. The highest BCUT2D eigenvalue weighted by molar-refractivity contribution is 5.96. The number of amides is 1. The van der Waals surface area contributed by atoms with Gasteiger partial charge >= 0.3 is 5.69 Å². The Morgan fingerprint density at radius 3 is 2.59 bits per heavy atom. The van der Waals surface area contributed by atoms with Gasteiger partial charge in [-0.15, -0.1) is 0 Å². The highest BCUT2D eigenvalue weighted by Crippen LogP contribution is 2.32. The van der Waals surface area contributed by atoms with Crippen molar-refractivity contribution >= 4 is 16.9 Å². The number of carbonyl (C=O) groups is 1. The number of fused-ring (bicyclic) bond motifs is 2. The number of hydrogen-bond acceptors (Lipinski definition) is 6. The summed E-state index contributed by atoms with van der Waals surface area (Å²) >= 11 is 0. The Morgan fingerprint density at radius 1 is 1.10 bits per heavy atom. The van der Waals surface area contributed by atoms with E-state index < -0.39 is 11.2 Å². The largest absolute Gasteiger partial charge is 0.486 e. The van der Waals surface area contributed by atoms with Crippen molar-refractivity contribution < 1.29 is 14.3 Å². The number of pyridine rings is 1. The molecule has 0 saturated heterocycles. The van der Waals surface area contributed by atoms with Gasteiger partial charge in [-0.25, -0.2) is 9.78 Å². The van der Waals surface area contributed by atoms with Crippen LogP contribution in [0.1, 0.15) is 28.9 Å². The summed E-state index contributed by atoms with van der Waals surface area (Å²) in [5.41, 5.74) is 0.353. The normalized spacial score (nSPS) is 13.9. The Balaban J connectivity index is 1.62. The molecule has 0 saturated carbocycles. The first-order valence-electron chi connectivity index (χ1n) is 9.13. The average Bonchev–Trinajstić information content (AvgIpc) is 2.75. The number of nitrogens with zero attached hydrogens (tertiary/aromatic N) is 3. The van der Waals surface area contributed by atoms with Crippen molar-refractivity contribution in [2.45, 2.75) is 13.0 Å². The van der Waals surface area contributed by atoms with Crippen LogP contribution in [0.4, 0.5) is 0 Å². The van der Waals surface area contributed by atoms with Crippen molar-refractivity contribution in [2.75, 3.05) is 13.2 Å². The van der Waals surface area contributed by atoms with Crippen molar-refractivity contribution in [1.29, 1.82) is 0 Å². The molecule has 1 unspecified atom stereocenters. The first kappa shape index (κ1) is 18.7. The average molecular weight is 396 g/mol. The highest BCUT2D eigenvalue weighted by Gasteiger charge is 2.18. The Bertz CT molecular complexity index is 1240. The number of hydrogen-bond donors (Lipinski definition) is 1. The maximum absolute atomic E-state index is 12.7. The standard InChI is InChI=1S/C20H20N4O5/c1-11(12-4-5-15-16(9-12)29-7-6-28-15)22-18(25)13-8-14-17(21-10-13)23(2)20(27)24(3)19(14)26/h4-5,8-11H,6-7H2,1-3H3,(H,22,25). The summed E-state index contributed by atoms with van der Waals surface area (Å²) in [6, 6.07) is 6.66. The quantitative estimate of drug-likeness (QED) is 0.705. The van der Waals surface area contributed by atoms with Gasteiger partial charge in [0.25, 0.3) is 11.5 Å². The van der Waals surface area contributed by atoms with Gasteiger partial charge in [-0.05, 0) is 30.7 Å². The molecule has 1 atom stereocenters. The van der Waals surface area contributed by atoms with Gasteiger partial charge in [0, 0.05) is 20.3 Å². The molecular formula is C20H20N4O5. The second-order valence-corrected chi connectivity index (χ2v) is 6.90. The number of ether oxygens (including phenoxy) is 2. The Morgan fingerprint density at radius 2 is 1.83 bits per heavy atom. The summed E-state index contributed by atoms with van der Waals surface area (Å²) in [4.78, 5) is 41.3. The second-order valence-electron chi connectivity index (χ2n) is 6.90. The van der Waals surface area contributed by atoms with E-state index in [0.29, 0.717) is 24.7 Å². The lowest BCUT2D eigenvalue weighted by Gasteiger charge is -2.21. The summed E-state index contributed by atoms with van der Waals surface area (Å²) in [5, 5.41) is 3.09. The minimum Gasteiger partial charge on any atom is -0.486 e. The van der Waals surface area contributed by atoms with Crippen LogP contribution in [-0.4, -0.2) is 33.2 Å². The monoisotopic (exact) mass is 396 g/mol. The van der Waals surface area contributed by atoms with Crippen LogP contribution in [0.5, 0.6) is 11.5 Å². The lowest BCUT2D eigenvalue weighted by atomic mass is 10.1. The minimum atomic E-state index is -0.495. The van der Waals surface area contributed by atoms with Crippen LogP contribution in [0.3, 0.4) is 0 Å². The van der Waals surface area contributed by atoms with Crippen LogP contribution >= 0.6 is 0 Å². The molecule has 4 rings (SSSR count). The summed E-state index contributed by atoms with van der Waals surface area (Å²) in [6.45, 7) is 2.84. The van der Waals surface area contributed by atoms with Gasteiger partial charge in [0.15, 0.2) is 11.5 Å². The number of carbonyl (C=O) groups excluding carboxylic acids is 1. The van der Waals surface area contributed by atoms with Crippen molar-refractivity contribution in [2.24, 2.45) is 14.1 Å². The van der Waals surface area contributed by atoms with Gasteiger partial charge in [-0.3, -0.25) is 18.7 Å². The molecule has 3 aromatic rings. The third-order valence-electron chi connectivity index (χ3n) is 4.97. The first-order chi connectivity index (χ1) is 13.9. The molecule has 1 aliphatic rings. The lowest BCUT2D eigenvalue weighted by molar-refractivity contribution is 0.0939. The maximum atomic E-state index is 12.7. The van der Waals surface area contributed by atoms with Crippen molar-refractivity contribution in [1.82, 2.24) is 19.4 Å². The lowest BCUT2D eigenvalue weighted by Crippen LogP contribution is -2.37. The number of benzene rings is 1. The fourth-order valence-corrected chi connectivity index (χ4v) is 3.28. The predicted octanol–water partition coefficient (Wildman–Crippen LogP) is 0.894. The van der Waals surface area contributed by atoms with E-state index in [4.69, 9.17) is 9.47 Å². The summed E-state index contributed by atoms with van der Waals surface area (Å²) in [7, 11) is 2.92. The molecule has 1 aliphatic heterocycles. The molecule has 1 N–H and O–H groups in total. The first-order valence-corrected chi connectivity index (χ1v) is 9.13. The molecule has 2 aromatic heterocycles.